The number of aromatic nitrogens is 1. The zero-order valence-electron chi connectivity index (χ0n) is 17.4. The highest BCUT2D eigenvalue weighted by atomic mass is 79.9. The number of ether oxygens (including phenoxy) is 1. The maximum atomic E-state index is 13.3. The molecule has 1 N–H and O–H groups in total. The number of halogens is 1. The molecule has 4 rings (SSSR count). The molecule has 5 nitrogen and oxygen atoms in total. The topological polar surface area (TPSA) is 54.5 Å². The van der Waals surface area contributed by atoms with E-state index in [9.17, 15) is 4.79 Å². The van der Waals surface area contributed by atoms with Gasteiger partial charge in [-0.25, -0.2) is 4.98 Å². The van der Waals surface area contributed by atoms with Crippen LogP contribution in [0.15, 0.2) is 47.1 Å². The zero-order valence-corrected chi connectivity index (χ0v) is 19.0. The van der Waals surface area contributed by atoms with Gasteiger partial charge in [0.05, 0.1) is 5.41 Å². The predicted octanol–water partition coefficient (Wildman–Crippen LogP) is 4.59. The lowest BCUT2D eigenvalue weighted by Crippen LogP contribution is -2.47. The van der Waals surface area contributed by atoms with Gasteiger partial charge in [-0.05, 0) is 55.0 Å². The van der Waals surface area contributed by atoms with E-state index in [1.807, 2.05) is 30.5 Å². The Hall–Kier alpha value is -1.92. The molecule has 2 aliphatic heterocycles. The summed E-state index contributed by atoms with van der Waals surface area (Å²) in [6, 6.07) is 12.3. The third-order valence-corrected chi connectivity index (χ3v) is 6.90. The van der Waals surface area contributed by atoms with Crippen LogP contribution in [-0.4, -0.2) is 37.2 Å². The molecule has 2 aromatic rings. The van der Waals surface area contributed by atoms with Crippen molar-refractivity contribution in [2.24, 2.45) is 0 Å². The number of benzene rings is 1. The standard InChI is InChI=1S/C24H30BrN3O2/c25-21-8-6-20(7-9-21)24(11-15-30-16-12-24)23(29)27-18-19-5-10-22(26-17-19)28-13-3-1-2-4-14-28/h5-10,17H,1-4,11-16,18H2,(H,27,29). The molecule has 0 saturated carbocycles. The molecule has 3 heterocycles. The highest BCUT2D eigenvalue weighted by molar-refractivity contribution is 9.10. The highest BCUT2D eigenvalue weighted by Gasteiger charge is 2.41. The van der Waals surface area contributed by atoms with Crippen molar-refractivity contribution in [2.75, 3.05) is 31.2 Å². The van der Waals surface area contributed by atoms with Gasteiger partial charge in [0.2, 0.25) is 5.91 Å². The molecule has 1 aromatic carbocycles. The highest BCUT2D eigenvalue weighted by Crippen LogP contribution is 2.36. The Morgan fingerprint density at radius 1 is 1.03 bits per heavy atom. The Bertz CT molecular complexity index is 825. The molecule has 2 fully saturated rings. The molecule has 30 heavy (non-hydrogen) atoms. The third-order valence-electron chi connectivity index (χ3n) is 6.37. The van der Waals surface area contributed by atoms with Crippen molar-refractivity contribution in [3.8, 4) is 0 Å². The summed E-state index contributed by atoms with van der Waals surface area (Å²) in [7, 11) is 0. The number of nitrogens with one attached hydrogen (secondary N) is 1. The van der Waals surface area contributed by atoms with E-state index in [2.05, 4.69) is 43.3 Å². The first kappa shape index (κ1) is 21.3. The van der Waals surface area contributed by atoms with Gasteiger partial charge in [-0.3, -0.25) is 4.79 Å². The molecule has 0 aliphatic carbocycles. The quantitative estimate of drug-likeness (QED) is 0.692. The summed E-state index contributed by atoms with van der Waals surface area (Å²) in [6.07, 6.45) is 8.40. The van der Waals surface area contributed by atoms with E-state index in [4.69, 9.17) is 4.74 Å². The van der Waals surface area contributed by atoms with Crippen LogP contribution in [-0.2, 0) is 21.5 Å². The second-order valence-corrected chi connectivity index (χ2v) is 9.23. The smallest absolute Gasteiger partial charge is 0.231 e. The number of hydrogen-bond acceptors (Lipinski definition) is 4. The van der Waals surface area contributed by atoms with Crippen LogP contribution >= 0.6 is 15.9 Å². The van der Waals surface area contributed by atoms with Crippen molar-refractivity contribution < 1.29 is 9.53 Å². The Morgan fingerprint density at radius 2 is 1.73 bits per heavy atom. The van der Waals surface area contributed by atoms with Crippen LogP contribution in [0.25, 0.3) is 0 Å². The van der Waals surface area contributed by atoms with E-state index in [0.717, 1.165) is 34.5 Å². The Morgan fingerprint density at radius 3 is 2.37 bits per heavy atom. The summed E-state index contributed by atoms with van der Waals surface area (Å²) in [4.78, 5) is 20.4. The van der Waals surface area contributed by atoms with Crippen molar-refractivity contribution in [3.05, 3.63) is 58.2 Å². The van der Waals surface area contributed by atoms with E-state index in [-0.39, 0.29) is 5.91 Å². The number of rotatable bonds is 5. The fraction of sp³-hybridized carbons (Fsp3) is 0.500. The van der Waals surface area contributed by atoms with Crippen molar-refractivity contribution >= 4 is 27.7 Å². The van der Waals surface area contributed by atoms with E-state index < -0.39 is 5.41 Å². The molecule has 0 bridgehead atoms. The summed E-state index contributed by atoms with van der Waals surface area (Å²) in [5.41, 5.74) is 1.55. The van der Waals surface area contributed by atoms with Crippen molar-refractivity contribution in [1.29, 1.82) is 0 Å². The number of hydrogen-bond donors (Lipinski definition) is 1. The maximum absolute atomic E-state index is 13.3. The zero-order chi connectivity index (χ0) is 20.8. The molecule has 0 radical (unpaired) electrons. The number of nitrogens with zero attached hydrogens (tertiary/aromatic N) is 2. The predicted molar refractivity (Wildman–Crippen MR) is 123 cm³/mol. The first-order chi connectivity index (χ1) is 14.7. The average Bonchev–Trinajstić information content (AvgIpc) is 3.08. The average molecular weight is 472 g/mol. The minimum absolute atomic E-state index is 0.0738. The third kappa shape index (κ3) is 4.86. The summed E-state index contributed by atoms with van der Waals surface area (Å²) in [5.74, 6) is 1.12. The molecule has 1 aromatic heterocycles. The lowest BCUT2D eigenvalue weighted by atomic mass is 9.73. The molecule has 2 saturated heterocycles. The number of carbonyl (C=O) groups is 1. The Kier molecular flexibility index (Phi) is 7.05. The van der Waals surface area contributed by atoms with Crippen LogP contribution in [0.4, 0.5) is 5.82 Å². The monoisotopic (exact) mass is 471 g/mol. The fourth-order valence-electron chi connectivity index (χ4n) is 4.50. The normalized spacial score (nSPS) is 19.2. The fourth-order valence-corrected chi connectivity index (χ4v) is 4.76. The van der Waals surface area contributed by atoms with Gasteiger partial charge in [0.1, 0.15) is 5.82 Å². The summed E-state index contributed by atoms with van der Waals surface area (Å²) >= 11 is 3.49. The molecule has 160 valence electrons. The summed E-state index contributed by atoms with van der Waals surface area (Å²) < 4.78 is 6.58. The van der Waals surface area contributed by atoms with Crippen LogP contribution in [0.3, 0.4) is 0 Å². The van der Waals surface area contributed by atoms with Gasteiger partial charge in [0.15, 0.2) is 0 Å². The van der Waals surface area contributed by atoms with Crippen LogP contribution in [0, 0.1) is 0 Å². The van der Waals surface area contributed by atoms with Gasteiger partial charge in [0.25, 0.3) is 0 Å². The van der Waals surface area contributed by atoms with Crippen LogP contribution in [0.5, 0.6) is 0 Å². The lowest BCUT2D eigenvalue weighted by Gasteiger charge is -2.36. The first-order valence-electron chi connectivity index (χ1n) is 11.0. The largest absolute Gasteiger partial charge is 0.381 e. The summed E-state index contributed by atoms with van der Waals surface area (Å²) in [5, 5.41) is 3.17. The summed E-state index contributed by atoms with van der Waals surface area (Å²) in [6.45, 7) is 3.87. The number of anilines is 1. The van der Waals surface area contributed by atoms with Gasteiger partial charge in [0, 0.05) is 43.5 Å². The Labute approximate surface area is 187 Å². The van der Waals surface area contributed by atoms with Gasteiger partial charge in [-0.2, -0.15) is 0 Å². The lowest BCUT2D eigenvalue weighted by molar-refractivity contribution is -0.130. The number of amides is 1. The van der Waals surface area contributed by atoms with Crippen molar-refractivity contribution in [1.82, 2.24) is 10.3 Å². The van der Waals surface area contributed by atoms with Crippen LogP contribution < -0.4 is 10.2 Å². The second-order valence-electron chi connectivity index (χ2n) is 8.31. The molecular weight excluding hydrogens is 442 g/mol. The number of carbonyl (C=O) groups excluding carboxylic acids is 1. The molecular formula is C24H30BrN3O2. The van der Waals surface area contributed by atoms with Crippen molar-refractivity contribution in [2.45, 2.75) is 50.5 Å². The van der Waals surface area contributed by atoms with E-state index in [1.54, 1.807) is 0 Å². The molecule has 6 heteroatoms. The van der Waals surface area contributed by atoms with Gasteiger partial charge in [-0.15, -0.1) is 0 Å². The van der Waals surface area contributed by atoms with E-state index in [1.165, 1.54) is 25.7 Å². The molecule has 0 spiro atoms. The molecule has 0 unspecified atom stereocenters. The van der Waals surface area contributed by atoms with Gasteiger partial charge in [-0.1, -0.05) is 47.0 Å². The van der Waals surface area contributed by atoms with Gasteiger partial charge >= 0.3 is 0 Å². The van der Waals surface area contributed by atoms with Crippen molar-refractivity contribution in [3.63, 3.8) is 0 Å². The maximum Gasteiger partial charge on any atom is 0.231 e. The number of pyridine rings is 1. The van der Waals surface area contributed by atoms with E-state index >= 15 is 0 Å². The minimum atomic E-state index is -0.529. The second kappa shape index (κ2) is 9.92. The SMILES string of the molecule is O=C(NCc1ccc(N2CCCCCC2)nc1)C1(c2ccc(Br)cc2)CCOCC1. The Balaban J connectivity index is 1.42. The van der Waals surface area contributed by atoms with E-state index in [0.29, 0.717) is 32.6 Å². The molecule has 1 amide bonds. The first-order valence-corrected chi connectivity index (χ1v) is 11.8. The van der Waals surface area contributed by atoms with Gasteiger partial charge < -0.3 is 15.0 Å². The molecule has 0 atom stereocenters. The molecule has 2 aliphatic rings. The van der Waals surface area contributed by atoms with Crippen LogP contribution in [0.2, 0.25) is 0 Å². The minimum Gasteiger partial charge on any atom is -0.381 e. The van der Waals surface area contributed by atoms with Crippen LogP contribution in [0.1, 0.15) is 49.7 Å².